The van der Waals surface area contributed by atoms with Gasteiger partial charge in [-0.3, -0.25) is 0 Å². The van der Waals surface area contributed by atoms with Crippen molar-refractivity contribution in [2.75, 3.05) is 0 Å². The number of benzene rings is 2. The van der Waals surface area contributed by atoms with Crippen molar-refractivity contribution >= 4 is 6.29 Å². The zero-order valence-corrected chi connectivity index (χ0v) is 12.3. The van der Waals surface area contributed by atoms with E-state index in [4.69, 9.17) is 4.74 Å². The molecule has 2 aromatic carbocycles. The Balaban J connectivity index is 1.66. The molecule has 2 heteroatoms. The molecule has 0 N–H and O–H groups in total. The first-order valence-corrected chi connectivity index (χ1v) is 7.54. The van der Waals surface area contributed by atoms with Crippen molar-refractivity contribution in [2.45, 2.75) is 32.1 Å². The highest BCUT2D eigenvalue weighted by molar-refractivity contribution is 5.49. The molecular weight excluding hydrogens is 260 g/mol. The summed E-state index contributed by atoms with van der Waals surface area (Å²) in [4.78, 5) is 10.4. The predicted molar refractivity (Wildman–Crippen MR) is 83.8 cm³/mol. The molecule has 1 saturated carbocycles. The predicted octanol–water partition coefficient (Wildman–Crippen LogP) is 4.87. The Morgan fingerprint density at radius 1 is 1.14 bits per heavy atom. The molecule has 0 aliphatic heterocycles. The lowest BCUT2D eigenvalue weighted by Crippen LogP contribution is -1.88. The molecule has 0 heterocycles. The highest BCUT2D eigenvalue weighted by Crippen LogP contribution is 2.50. The molecule has 2 atom stereocenters. The normalized spacial score (nSPS) is 20.0. The molecule has 1 aliphatic carbocycles. The van der Waals surface area contributed by atoms with Crippen LogP contribution in [0.15, 0.2) is 48.5 Å². The van der Waals surface area contributed by atoms with Gasteiger partial charge in [0.15, 0.2) is 0 Å². The number of carbonyl (C=O) groups excluding carboxylic acids is 1. The summed E-state index contributed by atoms with van der Waals surface area (Å²) in [5.41, 5.74) is 2.56. The topological polar surface area (TPSA) is 26.3 Å². The standard InChI is InChI=1S/C19H20O2/c1-14-7-9-17(10-8-14)21-18-6-2-4-15(12-18)19-13-16(19)5-3-11-20/h2,4,6-12,16,19H,3,5,13H2,1H3. The Labute approximate surface area is 125 Å². The molecule has 3 rings (SSSR count). The minimum Gasteiger partial charge on any atom is -0.457 e. The maximum Gasteiger partial charge on any atom is 0.127 e. The van der Waals surface area contributed by atoms with Crippen LogP contribution in [0.25, 0.3) is 0 Å². The highest BCUT2D eigenvalue weighted by Gasteiger charge is 2.37. The van der Waals surface area contributed by atoms with Crippen LogP contribution in [0.4, 0.5) is 0 Å². The third-order valence-corrected chi connectivity index (χ3v) is 4.12. The maximum atomic E-state index is 10.4. The molecule has 0 bridgehead atoms. The second-order valence-corrected chi connectivity index (χ2v) is 5.83. The van der Waals surface area contributed by atoms with Gasteiger partial charge in [-0.25, -0.2) is 0 Å². The SMILES string of the molecule is Cc1ccc(Oc2cccc(C3CC3CCC=O)c2)cc1. The van der Waals surface area contributed by atoms with Gasteiger partial charge in [-0.1, -0.05) is 29.8 Å². The van der Waals surface area contributed by atoms with Crippen LogP contribution < -0.4 is 4.74 Å². The van der Waals surface area contributed by atoms with E-state index < -0.39 is 0 Å². The first-order valence-electron chi connectivity index (χ1n) is 7.54. The molecule has 0 aromatic heterocycles. The molecule has 2 aromatic rings. The maximum absolute atomic E-state index is 10.4. The fourth-order valence-corrected chi connectivity index (χ4v) is 2.81. The molecule has 2 unspecified atom stereocenters. The Hall–Kier alpha value is -2.09. The smallest absolute Gasteiger partial charge is 0.127 e. The summed E-state index contributed by atoms with van der Waals surface area (Å²) >= 11 is 0. The third-order valence-electron chi connectivity index (χ3n) is 4.12. The Kier molecular flexibility index (Phi) is 4.05. The molecule has 1 aliphatic rings. The Morgan fingerprint density at radius 2 is 1.95 bits per heavy atom. The number of hydrogen-bond acceptors (Lipinski definition) is 2. The van der Waals surface area contributed by atoms with Crippen LogP contribution in [-0.4, -0.2) is 6.29 Å². The number of ether oxygens (including phenoxy) is 1. The Bertz CT molecular complexity index is 616. The number of aryl methyl sites for hydroxylation is 1. The zero-order valence-electron chi connectivity index (χ0n) is 12.3. The van der Waals surface area contributed by atoms with Gasteiger partial charge in [0.1, 0.15) is 17.8 Å². The van der Waals surface area contributed by atoms with Gasteiger partial charge < -0.3 is 9.53 Å². The second-order valence-electron chi connectivity index (χ2n) is 5.83. The minimum atomic E-state index is 0.603. The summed E-state index contributed by atoms with van der Waals surface area (Å²) in [5, 5.41) is 0. The molecule has 0 spiro atoms. The van der Waals surface area contributed by atoms with Gasteiger partial charge >= 0.3 is 0 Å². The number of hydrogen-bond donors (Lipinski definition) is 0. The first-order chi connectivity index (χ1) is 10.3. The van der Waals surface area contributed by atoms with Crippen LogP contribution >= 0.6 is 0 Å². The van der Waals surface area contributed by atoms with Crippen molar-refractivity contribution < 1.29 is 9.53 Å². The Morgan fingerprint density at radius 3 is 2.71 bits per heavy atom. The molecule has 0 saturated heterocycles. The lowest BCUT2D eigenvalue weighted by atomic mass is 10.1. The van der Waals surface area contributed by atoms with Crippen molar-refractivity contribution in [3.05, 3.63) is 59.7 Å². The lowest BCUT2D eigenvalue weighted by molar-refractivity contribution is -0.108. The van der Waals surface area contributed by atoms with Crippen molar-refractivity contribution in [1.82, 2.24) is 0 Å². The number of carbonyl (C=O) groups is 1. The van der Waals surface area contributed by atoms with Crippen LogP contribution in [0.1, 0.15) is 36.3 Å². The van der Waals surface area contributed by atoms with Crippen LogP contribution in [0, 0.1) is 12.8 Å². The summed E-state index contributed by atoms with van der Waals surface area (Å²) < 4.78 is 5.91. The van der Waals surface area contributed by atoms with Gasteiger partial charge in [0.2, 0.25) is 0 Å². The van der Waals surface area contributed by atoms with E-state index in [0.29, 0.717) is 18.3 Å². The third kappa shape index (κ3) is 3.52. The van der Waals surface area contributed by atoms with Gasteiger partial charge in [-0.2, -0.15) is 0 Å². The summed E-state index contributed by atoms with van der Waals surface area (Å²) in [7, 11) is 0. The largest absolute Gasteiger partial charge is 0.457 e. The van der Waals surface area contributed by atoms with E-state index in [-0.39, 0.29) is 0 Å². The molecule has 21 heavy (non-hydrogen) atoms. The molecule has 0 radical (unpaired) electrons. The van der Waals surface area contributed by atoms with E-state index in [0.717, 1.165) is 24.2 Å². The van der Waals surface area contributed by atoms with E-state index >= 15 is 0 Å². The molecule has 108 valence electrons. The quantitative estimate of drug-likeness (QED) is 0.706. The highest BCUT2D eigenvalue weighted by atomic mass is 16.5. The summed E-state index contributed by atoms with van der Waals surface area (Å²) in [6.07, 6.45) is 3.91. The second kappa shape index (κ2) is 6.13. The number of rotatable bonds is 6. The van der Waals surface area contributed by atoms with Crippen molar-refractivity contribution in [3.8, 4) is 11.5 Å². The molecular formula is C19H20O2. The molecule has 2 nitrogen and oxygen atoms in total. The van der Waals surface area contributed by atoms with E-state index in [2.05, 4.69) is 31.2 Å². The van der Waals surface area contributed by atoms with Gasteiger partial charge in [-0.15, -0.1) is 0 Å². The van der Waals surface area contributed by atoms with Gasteiger partial charge in [-0.05, 0) is 61.4 Å². The molecule has 0 amide bonds. The van der Waals surface area contributed by atoms with Gasteiger partial charge in [0, 0.05) is 6.42 Å². The van der Waals surface area contributed by atoms with E-state index in [9.17, 15) is 4.79 Å². The fourth-order valence-electron chi connectivity index (χ4n) is 2.81. The minimum absolute atomic E-state index is 0.603. The lowest BCUT2D eigenvalue weighted by Gasteiger charge is -2.08. The van der Waals surface area contributed by atoms with E-state index in [1.54, 1.807) is 0 Å². The average molecular weight is 280 g/mol. The summed E-state index contributed by atoms with van der Waals surface area (Å²) in [5.74, 6) is 3.03. The van der Waals surface area contributed by atoms with Crippen LogP contribution in [0.3, 0.4) is 0 Å². The van der Waals surface area contributed by atoms with Crippen LogP contribution in [0.5, 0.6) is 11.5 Å². The number of aldehydes is 1. The zero-order chi connectivity index (χ0) is 14.7. The van der Waals surface area contributed by atoms with Crippen molar-refractivity contribution in [2.24, 2.45) is 5.92 Å². The fraction of sp³-hybridized carbons (Fsp3) is 0.316. The summed E-state index contributed by atoms with van der Waals surface area (Å²) in [6.45, 7) is 2.07. The monoisotopic (exact) mass is 280 g/mol. The first kappa shape index (κ1) is 13.9. The van der Waals surface area contributed by atoms with Crippen molar-refractivity contribution in [1.29, 1.82) is 0 Å². The van der Waals surface area contributed by atoms with Gasteiger partial charge in [0.05, 0.1) is 0 Å². The van der Waals surface area contributed by atoms with Gasteiger partial charge in [0.25, 0.3) is 0 Å². The van der Waals surface area contributed by atoms with Crippen molar-refractivity contribution in [3.63, 3.8) is 0 Å². The van der Waals surface area contributed by atoms with E-state index in [1.165, 1.54) is 17.5 Å². The van der Waals surface area contributed by atoms with E-state index in [1.807, 2.05) is 24.3 Å². The van der Waals surface area contributed by atoms with Crippen LogP contribution in [-0.2, 0) is 4.79 Å². The summed E-state index contributed by atoms with van der Waals surface area (Å²) in [6, 6.07) is 16.4. The average Bonchev–Trinajstić information content (AvgIpc) is 3.27. The van der Waals surface area contributed by atoms with Crippen LogP contribution in [0.2, 0.25) is 0 Å². The molecule has 1 fully saturated rings.